The molecule has 2 heterocycles. The van der Waals surface area contributed by atoms with E-state index in [-0.39, 0.29) is 21.3 Å². The number of hydrogen-bond donors (Lipinski definition) is 0. The van der Waals surface area contributed by atoms with Crippen LogP contribution < -0.4 is 9.54 Å². The molecule has 0 spiro atoms. The van der Waals surface area contributed by atoms with Crippen LogP contribution in [-0.2, 0) is 6.18 Å². The van der Waals surface area contributed by atoms with Crippen molar-refractivity contribution >= 4 is 29.2 Å². The van der Waals surface area contributed by atoms with Gasteiger partial charge in [-0.25, -0.2) is 9.67 Å². The molecule has 15 heteroatoms. The number of alkyl halides is 6. The fraction of sp³-hybridized carbons (Fsp3) is 0.111. The minimum absolute atomic E-state index is 0.0733. The molecule has 5 aromatic rings. The van der Waals surface area contributed by atoms with Crippen molar-refractivity contribution in [3.8, 4) is 28.5 Å². The third kappa shape index (κ3) is 6.55. The number of thiazole rings is 1. The Bertz CT molecular complexity index is 1810. The highest BCUT2D eigenvalue weighted by Gasteiger charge is 2.35. The number of para-hydroxylation sites is 1. The zero-order chi connectivity index (χ0) is 30.1. The van der Waals surface area contributed by atoms with Gasteiger partial charge in [0.15, 0.2) is 5.82 Å². The van der Waals surface area contributed by atoms with Crippen molar-refractivity contribution in [1.82, 2.24) is 19.3 Å². The lowest BCUT2D eigenvalue weighted by atomic mass is 10.1. The number of nitrogens with zero attached hydrogens (tertiary/aromatic N) is 6. The van der Waals surface area contributed by atoms with Crippen LogP contribution in [0.25, 0.3) is 22.8 Å². The summed E-state index contributed by atoms with van der Waals surface area (Å²) in [7, 11) is 0. The number of aryl methyl sites for hydroxylation is 1. The quantitative estimate of drug-likeness (QED) is 0.111. The van der Waals surface area contributed by atoms with Crippen molar-refractivity contribution in [1.29, 1.82) is 0 Å². The van der Waals surface area contributed by atoms with Gasteiger partial charge in [-0.15, -0.1) is 34.7 Å². The van der Waals surface area contributed by atoms with E-state index < -0.39 is 18.1 Å². The normalized spacial score (nSPS) is 12.8. The highest BCUT2D eigenvalue weighted by atomic mass is 35.5. The summed E-state index contributed by atoms with van der Waals surface area (Å²) in [5, 5.41) is 14.1. The molecule has 216 valence electrons. The summed E-state index contributed by atoms with van der Waals surface area (Å²) < 4.78 is 84.8. The number of halogens is 7. The van der Waals surface area contributed by atoms with Gasteiger partial charge in [0.1, 0.15) is 12.1 Å². The Balaban J connectivity index is 1.34. The zero-order valence-corrected chi connectivity index (χ0v) is 22.8. The van der Waals surface area contributed by atoms with Crippen LogP contribution in [0, 0.1) is 6.92 Å². The molecule has 0 N–H and O–H groups in total. The van der Waals surface area contributed by atoms with E-state index in [0.717, 1.165) is 17.4 Å². The average molecular weight is 623 g/mol. The molecule has 0 aliphatic carbocycles. The van der Waals surface area contributed by atoms with E-state index in [4.69, 9.17) is 11.6 Å². The summed E-state index contributed by atoms with van der Waals surface area (Å²) in [6.45, 7) is 1.65. The second-order valence-electron chi connectivity index (χ2n) is 8.65. The number of rotatable bonds is 6. The predicted molar refractivity (Wildman–Crippen MR) is 145 cm³/mol. The molecule has 42 heavy (non-hydrogen) atoms. The lowest BCUT2D eigenvalue weighted by molar-refractivity contribution is -0.274. The van der Waals surface area contributed by atoms with Crippen LogP contribution in [0.15, 0.2) is 88.6 Å². The van der Waals surface area contributed by atoms with Gasteiger partial charge in [0.2, 0.25) is 4.80 Å². The average Bonchev–Trinajstić information content (AvgIpc) is 3.55. The molecule has 0 aliphatic heterocycles. The first kappa shape index (κ1) is 29.1. The molecular weight excluding hydrogens is 606 g/mol. The first-order valence-electron chi connectivity index (χ1n) is 11.9. The maximum absolute atomic E-state index is 13.7. The van der Waals surface area contributed by atoms with Gasteiger partial charge in [-0.2, -0.15) is 18.3 Å². The third-order valence-electron chi connectivity index (χ3n) is 5.74. The third-order valence-corrected chi connectivity index (χ3v) is 6.98. The molecule has 0 radical (unpaired) electrons. The minimum Gasteiger partial charge on any atom is -0.406 e. The molecular formula is C27H17ClF6N6OS. The van der Waals surface area contributed by atoms with Crippen molar-refractivity contribution in [2.75, 3.05) is 0 Å². The molecule has 0 saturated carbocycles. The van der Waals surface area contributed by atoms with Crippen LogP contribution >= 0.6 is 22.9 Å². The van der Waals surface area contributed by atoms with E-state index in [2.05, 4.69) is 25.0 Å². The molecule has 7 nitrogen and oxygen atoms in total. The monoisotopic (exact) mass is 622 g/mol. The van der Waals surface area contributed by atoms with Crippen molar-refractivity contribution in [2.45, 2.75) is 19.5 Å². The maximum atomic E-state index is 13.7. The van der Waals surface area contributed by atoms with Crippen LogP contribution in [0.5, 0.6) is 5.75 Å². The Morgan fingerprint density at radius 2 is 1.67 bits per heavy atom. The van der Waals surface area contributed by atoms with Gasteiger partial charge in [0.05, 0.1) is 28.2 Å². The van der Waals surface area contributed by atoms with E-state index in [0.29, 0.717) is 28.3 Å². The summed E-state index contributed by atoms with van der Waals surface area (Å²) in [4.78, 5) is 4.45. The fourth-order valence-electron chi connectivity index (χ4n) is 3.89. The summed E-state index contributed by atoms with van der Waals surface area (Å²) in [5.74, 6) is 0.0173. The Morgan fingerprint density at radius 1 is 0.952 bits per heavy atom. The van der Waals surface area contributed by atoms with Crippen molar-refractivity contribution in [2.24, 2.45) is 10.2 Å². The largest absolute Gasteiger partial charge is 0.573 e. The predicted octanol–water partition coefficient (Wildman–Crippen LogP) is 7.60. The fourth-order valence-corrected chi connectivity index (χ4v) is 4.96. The van der Waals surface area contributed by atoms with Gasteiger partial charge < -0.3 is 4.74 Å². The first-order valence-corrected chi connectivity index (χ1v) is 13.1. The highest BCUT2D eigenvalue weighted by Crippen LogP contribution is 2.37. The second kappa shape index (κ2) is 11.4. The minimum atomic E-state index is -4.78. The zero-order valence-electron chi connectivity index (χ0n) is 21.2. The number of hydrogen-bond acceptors (Lipinski definition) is 6. The Hall–Kier alpha value is -4.43. The van der Waals surface area contributed by atoms with Crippen molar-refractivity contribution in [3.05, 3.63) is 105 Å². The Kier molecular flexibility index (Phi) is 7.93. The summed E-state index contributed by atoms with van der Waals surface area (Å²) >= 11 is 7.30. The molecule has 0 aliphatic rings. The van der Waals surface area contributed by atoms with Gasteiger partial charge in [0, 0.05) is 16.6 Å². The van der Waals surface area contributed by atoms with E-state index in [9.17, 15) is 26.3 Å². The standard InChI is InChI=1S/C27H17ClF6N6OS/c1-16-14-42-25(40(16)23-21(26(29,30)31)3-2-4-22(23)28)37-36-13-17-5-7-18(8-6-17)24-35-15-39(38-24)19-9-11-20(12-10-19)41-27(32,33)34/h2-15H,1H3/b36-13+,37-25-. The Labute approximate surface area is 242 Å². The van der Waals surface area contributed by atoms with Crippen LogP contribution in [-0.4, -0.2) is 31.9 Å². The van der Waals surface area contributed by atoms with Gasteiger partial charge in [-0.3, -0.25) is 4.57 Å². The smallest absolute Gasteiger partial charge is 0.406 e. The number of benzene rings is 3. The topological polar surface area (TPSA) is 69.6 Å². The SMILES string of the molecule is Cc1cs/c(=N\N=C\c2ccc(-c3ncn(-c4ccc(OC(F)(F)F)cc4)n3)cc2)n1-c1c(Cl)cccc1C(F)(F)F. The lowest BCUT2D eigenvalue weighted by Gasteiger charge is -2.16. The molecule has 0 unspecified atom stereocenters. The van der Waals surface area contributed by atoms with E-state index in [1.807, 2.05) is 0 Å². The lowest BCUT2D eigenvalue weighted by Crippen LogP contribution is -2.19. The Morgan fingerprint density at radius 3 is 2.33 bits per heavy atom. The van der Waals surface area contributed by atoms with Crippen molar-refractivity contribution in [3.63, 3.8) is 0 Å². The van der Waals surface area contributed by atoms with Gasteiger partial charge in [0.25, 0.3) is 0 Å². The first-order chi connectivity index (χ1) is 19.9. The summed E-state index contributed by atoms with van der Waals surface area (Å²) in [5.41, 5.74) is 1.19. The molecule has 0 bridgehead atoms. The summed E-state index contributed by atoms with van der Waals surface area (Å²) in [6.07, 6.45) is -6.54. The molecule has 0 atom stereocenters. The van der Waals surface area contributed by atoms with Crippen molar-refractivity contribution < 1.29 is 31.1 Å². The van der Waals surface area contributed by atoms with Gasteiger partial charge >= 0.3 is 12.5 Å². The molecule has 0 saturated heterocycles. The maximum Gasteiger partial charge on any atom is 0.573 e. The molecule has 3 aromatic carbocycles. The van der Waals surface area contributed by atoms with E-state index in [1.165, 1.54) is 58.2 Å². The van der Waals surface area contributed by atoms with Crippen LogP contribution in [0.3, 0.4) is 0 Å². The van der Waals surface area contributed by atoms with Crippen LogP contribution in [0.2, 0.25) is 5.02 Å². The van der Waals surface area contributed by atoms with Crippen LogP contribution in [0.4, 0.5) is 26.3 Å². The molecule has 0 amide bonds. The molecule has 2 aromatic heterocycles. The van der Waals surface area contributed by atoms with E-state index >= 15 is 0 Å². The number of ether oxygens (including phenoxy) is 1. The van der Waals surface area contributed by atoms with Gasteiger partial charge in [-0.05, 0) is 48.9 Å². The second-order valence-corrected chi connectivity index (χ2v) is 9.89. The van der Waals surface area contributed by atoms with Gasteiger partial charge in [-0.1, -0.05) is 41.9 Å². The molecule has 5 rings (SSSR count). The van der Waals surface area contributed by atoms with E-state index in [1.54, 1.807) is 36.6 Å². The van der Waals surface area contributed by atoms with Crippen LogP contribution in [0.1, 0.15) is 16.8 Å². The molecule has 0 fully saturated rings. The summed E-state index contributed by atoms with van der Waals surface area (Å²) in [6, 6.07) is 15.7. The highest BCUT2D eigenvalue weighted by molar-refractivity contribution is 7.07. The number of aromatic nitrogens is 4.